The van der Waals surface area contributed by atoms with Crippen LogP contribution in [0.5, 0.6) is 5.75 Å². The van der Waals surface area contributed by atoms with Crippen molar-refractivity contribution in [3.8, 4) is 17.1 Å². The average molecular weight is 402 g/mol. The lowest BCUT2D eigenvalue weighted by Gasteiger charge is -2.27. The topological polar surface area (TPSA) is 71.1 Å². The number of H-pyrrole nitrogens is 1. The summed E-state index contributed by atoms with van der Waals surface area (Å²) in [6.07, 6.45) is -0.797. The zero-order valence-corrected chi connectivity index (χ0v) is 15.2. The first-order chi connectivity index (χ1) is 13.9. The minimum absolute atomic E-state index is 0.188. The molecule has 3 heterocycles. The van der Waals surface area contributed by atoms with Crippen LogP contribution in [-0.4, -0.2) is 32.8 Å². The zero-order chi connectivity index (χ0) is 20.4. The van der Waals surface area contributed by atoms with Crippen molar-refractivity contribution in [3.05, 3.63) is 76.0 Å². The van der Waals surface area contributed by atoms with Gasteiger partial charge in [0.05, 0.1) is 11.3 Å². The molecule has 9 heteroatoms. The lowest BCUT2D eigenvalue weighted by molar-refractivity contribution is -0.274. The molecule has 0 unspecified atom stereocenters. The number of rotatable bonds is 4. The number of hydrogen-bond donors (Lipinski definition) is 1. The molecule has 6 nitrogen and oxygen atoms in total. The average Bonchev–Trinajstić information content (AvgIpc) is 2.69. The van der Waals surface area contributed by atoms with Crippen LogP contribution in [0.2, 0.25) is 0 Å². The fourth-order valence-electron chi connectivity index (χ4n) is 3.31. The van der Waals surface area contributed by atoms with Gasteiger partial charge in [-0.05, 0) is 29.8 Å². The number of halogens is 3. The van der Waals surface area contributed by atoms with Gasteiger partial charge in [0, 0.05) is 44.0 Å². The summed E-state index contributed by atoms with van der Waals surface area (Å²) in [5, 5.41) is 0. The number of benzene rings is 1. The lowest BCUT2D eigenvalue weighted by Crippen LogP contribution is -2.35. The Kier molecular flexibility index (Phi) is 5.06. The van der Waals surface area contributed by atoms with Crippen LogP contribution < -0.4 is 10.3 Å². The summed E-state index contributed by atoms with van der Waals surface area (Å²) in [6, 6.07) is 9.36. The van der Waals surface area contributed by atoms with Gasteiger partial charge in [-0.25, -0.2) is 4.98 Å². The van der Waals surface area contributed by atoms with Crippen LogP contribution in [-0.2, 0) is 19.5 Å². The van der Waals surface area contributed by atoms with E-state index in [0.717, 1.165) is 16.8 Å². The molecule has 0 spiro atoms. The van der Waals surface area contributed by atoms with E-state index in [2.05, 4.69) is 24.6 Å². The summed E-state index contributed by atoms with van der Waals surface area (Å²) in [4.78, 5) is 26.1. The van der Waals surface area contributed by atoms with Crippen molar-refractivity contribution in [1.82, 2.24) is 19.9 Å². The third kappa shape index (κ3) is 4.62. The maximum atomic E-state index is 12.6. The molecule has 29 heavy (non-hydrogen) atoms. The van der Waals surface area contributed by atoms with Crippen molar-refractivity contribution in [2.24, 2.45) is 0 Å². The second-order valence-electron chi connectivity index (χ2n) is 6.73. The van der Waals surface area contributed by atoms with Crippen LogP contribution in [0.3, 0.4) is 0 Å². The number of ether oxygens (including phenoxy) is 1. The van der Waals surface area contributed by atoms with Gasteiger partial charge in [-0.3, -0.25) is 14.7 Å². The second-order valence-corrected chi connectivity index (χ2v) is 6.73. The Bertz CT molecular complexity index is 1050. The number of hydrogen-bond acceptors (Lipinski definition) is 5. The van der Waals surface area contributed by atoms with E-state index in [1.165, 1.54) is 12.1 Å². The van der Waals surface area contributed by atoms with Gasteiger partial charge < -0.3 is 9.72 Å². The van der Waals surface area contributed by atoms with E-state index in [1.807, 2.05) is 6.07 Å². The highest BCUT2D eigenvalue weighted by molar-refractivity contribution is 5.53. The Morgan fingerprint density at radius 2 is 1.97 bits per heavy atom. The molecule has 0 bridgehead atoms. The maximum Gasteiger partial charge on any atom is 0.573 e. The largest absolute Gasteiger partial charge is 0.573 e. The van der Waals surface area contributed by atoms with Gasteiger partial charge in [0.1, 0.15) is 11.6 Å². The predicted octanol–water partition coefficient (Wildman–Crippen LogP) is 3.29. The smallest absolute Gasteiger partial charge is 0.406 e. The molecule has 0 aliphatic carbocycles. The molecular weight excluding hydrogens is 385 g/mol. The first-order valence-corrected chi connectivity index (χ1v) is 8.97. The molecule has 2 aromatic heterocycles. The van der Waals surface area contributed by atoms with Gasteiger partial charge in [-0.1, -0.05) is 12.1 Å². The zero-order valence-electron chi connectivity index (χ0n) is 15.2. The van der Waals surface area contributed by atoms with Crippen molar-refractivity contribution < 1.29 is 17.9 Å². The number of nitrogens with zero attached hydrogens (tertiary/aromatic N) is 3. The molecule has 0 fully saturated rings. The normalized spacial score (nSPS) is 14.4. The number of aromatic amines is 1. The number of pyridine rings is 1. The van der Waals surface area contributed by atoms with Gasteiger partial charge >= 0.3 is 6.36 Å². The monoisotopic (exact) mass is 402 g/mol. The van der Waals surface area contributed by atoms with E-state index < -0.39 is 6.36 Å². The number of aromatic nitrogens is 3. The van der Waals surface area contributed by atoms with Crippen molar-refractivity contribution in [2.75, 3.05) is 6.54 Å². The predicted molar refractivity (Wildman–Crippen MR) is 99.0 cm³/mol. The third-order valence-corrected chi connectivity index (χ3v) is 4.65. The van der Waals surface area contributed by atoms with Crippen LogP contribution in [0.4, 0.5) is 13.2 Å². The molecule has 1 aliphatic heterocycles. The molecule has 4 rings (SSSR count). The van der Waals surface area contributed by atoms with Gasteiger partial charge in [-0.2, -0.15) is 0 Å². The summed E-state index contributed by atoms with van der Waals surface area (Å²) >= 11 is 0. The van der Waals surface area contributed by atoms with E-state index >= 15 is 0 Å². The highest BCUT2D eigenvalue weighted by Gasteiger charge is 2.31. The molecule has 1 aliphatic rings. The fourth-order valence-corrected chi connectivity index (χ4v) is 3.31. The summed E-state index contributed by atoms with van der Waals surface area (Å²) < 4.78 is 40.7. The van der Waals surface area contributed by atoms with Gasteiger partial charge in [0.25, 0.3) is 5.56 Å². The van der Waals surface area contributed by atoms with Crippen LogP contribution in [0.15, 0.2) is 53.6 Å². The number of fused-ring (bicyclic) bond motifs is 1. The lowest BCUT2D eigenvalue weighted by atomic mass is 10.1. The van der Waals surface area contributed by atoms with E-state index in [4.69, 9.17) is 0 Å². The summed E-state index contributed by atoms with van der Waals surface area (Å²) in [6.45, 7) is 1.62. The van der Waals surface area contributed by atoms with Gasteiger partial charge in [0.15, 0.2) is 0 Å². The van der Waals surface area contributed by atoms with Crippen molar-refractivity contribution in [3.63, 3.8) is 0 Å². The Labute approximate surface area is 164 Å². The summed E-state index contributed by atoms with van der Waals surface area (Å²) in [5.41, 5.74) is 2.77. The standard InChI is InChI=1S/C20H17F3N4O2/c21-20(22,23)29-15-5-3-13(4-6-15)11-27-9-7-17-16(12-27)19(28)26-18(25-17)14-2-1-8-24-10-14/h1-6,8,10H,7,9,11-12H2,(H,25,26,28). The summed E-state index contributed by atoms with van der Waals surface area (Å²) in [5.74, 6) is 0.240. The Morgan fingerprint density at radius 1 is 1.17 bits per heavy atom. The van der Waals surface area contributed by atoms with Crippen molar-refractivity contribution in [1.29, 1.82) is 0 Å². The quantitative estimate of drug-likeness (QED) is 0.725. The van der Waals surface area contributed by atoms with E-state index in [9.17, 15) is 18.0 Å². The Morgan fingerprint density at radius 3 is 2.66 bits per heavy atom. The molecule has 3 aromatic rings. The first kappa shape index (κ1) is 19.1. The van der Waals surface area contributed by atoms with Crippen molar-refractivity contribution >= 4 is 0 Å². The molecule has 1 aromatic carbocycles. The van der Waals surface area contributed by atoms with E-state index in [-0.39, 0.29) is 11.3 Å². The molecular formula is C20H17F3N4O2. The minimum Gasteiger partial charge on any atom is -0.406 e. The molecule has 1 N–H and O–H groups in total. The molecule has 0 atom stereocenters. The maximum absolute atomic E-state index is 12.6. The van der Waals surface area contributed by atoms with Gasteiger partial charge in [0.2, 0.25) is 0 Å². The van der Waals surface area contributed by atoms with Gasteiger partial charge in [-0.15, -0.1) is 13.2 Å². The molecule has 0 amide bonds. The second kappa shape index (κ2) is 7.67. The molecule has 150 valence electrons. The Hall–Kier alpha value is -3.20. The number of alkyl halides is 3. The van der Waals surface area contributed by atoms with E-state index in [1.54, 1.807) is 30.6 Å². The highest BCUT2D eigenvalue weighted by atomic mass is 19.4. The molecule has 0 radical (unpaired) electrons. The third-order valence-electron chi connectivity index (χ3n) is 4.65. The summed E-state index contributed by atoms with van der Waals surface area (Å²) in [7, 11) is 0. The van der Waals surface area contributed by atoms with Crippen LogP contribution in [0.1, 0.15) is 16.8 Å². The van der Waals surface area contributed by atoms with Crippen LogP contribution >= 0.6 is 0 Å². The number of nitrogens with one attached hydrogen (secondary N) is 1. The minimum atomic E-state index is -4.71. The van der Waals surface area contributed by atoms with Crippen LogP contribution in [0.25, 0.3) is 11.4 Å². The van der Waals surface area contributed by atoms with Crippen molar-refractivity contribution in [2.45, 2.75) is 25.9 Å². The molecule has 0 saturated heterocycles. The molecule has 0 saturated carbocycles. The van der Waals surface area contributed by atoms with Crippen LogP contribution in [0, 0.1) is 0 Å². The Balaban J connectivity index is 1.47. The SMILES string of the molecule is O=c1[nH]c(-c2cccnc2)nc2c1CN(Cc1ccc(OC(F)(F)F)cc1)CC2. The van der Waals surface area contributed by atoms with E-state index in [0.29, 0.717) is 37.4 Å². The first-order valence-electron chi connectivity index (χ1n) is 8.97. The highest BCUT2D eigenvalue weighted by Crippen LogP contribution is 2.24. The fraction of sp³-hybridized carbons (Fsp3) is 0.250.